The van der Waals surface area contributed by atoms with Crippen molar-refractivity contribution < 1.29 is 4.79 Å². The molecule has 4 rings (SSSR count). The van der Waals surface area contributed by atoms with E-state index >= 15 is 0 Å². The summed E-state index contributed by atoms with van der Waals surface area (Å²) in [7, 11) is 0. The molecular formula is C23H27N3O. The van der Waals surface area contributed by atoms with Crippen LogP contribution in [0.3, 0.4) is 0 Å². The Balaban J connectivity index is 1.63. The van der Waals surface area contributed by atoms with E-state index in [1.165, 1.54) is 18.4 Å². The monoisotopic (exact) mass is 361 g/mol. The predicted molar refractivity (Wildman–Crippen MR) is 110 cm³/mol. The van der Waals surface area contributed by atoms with Gasteiger partial charge in [-0.15, -0.1) is 0 Å². The van der Waals surface area contributed by atoms with Crippen LogP contribution in [0.4, 0.5) is 0 Å². The van der Waals surface area contributed by atoms with Crippen LogP contribution in [0.15, 0.2) is 48.5 Å². The fourth-order valence-electron chi connectivity index (χ4n) is 4.02. The largest absolute Gasteiger partial charge is 0.343 e. The van der Waals surface area contributed by atoms with Crippen molar-refractivity contribution >= 4 is 16.9 Å². The molecule has 1 saturated heterocycles. The van der Waals surface area contributed by atoms with Crippen molar-refractivity contribution in [2.45, 2.75) is 45.6 Å². The molecule has 4 heteroatoms. The number of amides is 1. The van der Waals surface area contributed by atoms with Crippen LogP contribution in [0.5, 0.6) is 0 Å². The van der Waals surface area contributed by atoms with Crippen LogP contribution < -0.4 is 0 Å². The minimum atomic E-state index is 0.269. The summed E-state index contributed by atoms with van der Waals surface area (Å²) >= 11 is 0. The molecule has 0 bridgehead atoms. The minimum absolute atomic E-state index is 0.269. The second-order valence-corrected chi connectivity index (χ2v) is 7.44. The summed E-state index contributed by atoms with van der Waals surface area (Å²) in [6, 6.07) is 16.5. The standard InChI is InChI=1S/C23H27N3O/c1-18-10-4-5-11-19(18)23-24-20-12-6-7-13-21(20)26(23)17-14-22(27)25-15-8-2-3-9-16-25/h4-7,10-13H,2-3,8-9,14-17H2,1H3. The number of likely N-dealkylation sites (tertiary alicyclic amines) is 1. The maximum Gasteiger partial charge on any atom is 0.224 e. The first kappa shape index (κ1) is 17.8. The number of aromatic nitrogens is 2. The SMILES string of the molecule is Cc1ccccc1-c1nc2ccccc2n1CCC(=O)N1CCCCCC1. The van der Waals surface area contributed by atoms with Crippen LogP contribution in [-0.2, 0) is 11.3 Å². The molecule has 140 valence electrons. The first-order valence-electron chi connectivity index (χ1n) is 10.0. The van der Waals surface area contributed by atoms with E-state index in [2.05, 4.69) is 46.7 Å². The summed E-state index contributed by atoms with van der Waals surface area (Å²) < 4.78 is 2.22. The molecule has 1 aromatic heterocycles. The number of hydrogen-bond acceptors (Lipinski definition) is 2. The normalized spacial score (nSPS) is 15.1. The average Bonchev–Trinajstić information content (AvgIpc) is 2.85. The Kier molecular flexibility index (Phi) is 5.23. The number of carbonyl (C=O) groups is 1. The van der Waals surface area contributed by atoms with Gasteiger partial charge < -0.3 is 9.47 Å². The quantitative estimate of drug-likeness (QED) is 0.669. The molecule has 3 aromatic rings. The van der Waals surface area contributed by atoms with E-state index in [0.29, 0.717) is 13.0 Å². The number of rotatable bonds is 4. The lowest BCUT2D eigenvalue weighted by atomic mass is 10.1. The molecule has 0 aliphatic carbocycles. The molecular weight excluding hydrogens is 334 g/mol. The van der Waals surface area contributed by atoms with Gasteiger partial charge in [0.1, 0.15) is 5.82 Å². The Hall–Kier alpha value is -2.62. The number of para-hydroxylation sites is 2. The summed E-state index contributed by atoms with van der Waals surface area (Å²) in [5, 5.41) is 0. The number of imidazole rings is 1. The van der Waals surface area contributed by atoms with Gasteiger partial charge in [-0.05, 0) is 37.5 Å². The fourth-order valence-corrected chi connectivity index (χ4v) is 4.02. The summed E-state index contributed by atoms with van der Waals surface area (Å²) in [5.74, 6) is 1.23. The molecule has 0 unspecified atom stereocenters. The number of nitrogens with zero attached hydrogens (tertiary/aromatic N) is 3. The lowest BCUT2D eigenvalue weighted by Gasteiger charge is -2.21. The van der Waals surface area contributed by atoms with Crippen LogP contribution in [0.25, 0.3) is 22.4 Å². The molecule has 27 heavy (non-hydrogen) atoms. The number of fused-ring (bicyclic) bond motifs is 1. The van der Waals surface area contributed by atoms with E-state index in [4.69, 9.17) is 4.98 Å². The number of benzene rings is 2. The molecule has 0 atom stereocenters. The number of aryl methyl sites for hydroxylation is 2. The predicted octanol–water partition coefficient (Wildman–Crippen LogP) is 4.80. The Labute approximate surface area is 160 Å². The Morgan fingerprint density at radius 1 is 0.963 bits per heavy atom. The fraction of sp³-hybridized carbons (Fsp3) is 0.391. The third-order valence-corrected chi connectivity index (χ3v) is 5.55. The number of hydrogen-bond donors (Lipinski definition) is 0. The van der Waals surface area contributed by atoms with E-state index in [0.717, 1.165) is 48.4 Å². The molecule has 1 fully saturated rings. The van der Waals surface area contributed by atoms with E-state index in [-0.39, 0.29) is 5.91 Å². The molecule has 0 radical (unpaired) electrons. The zero-order valence-corrected chi connectivity index (χ0v) is 16.0. The first-order chi connectivity index (χ1) is 13.2. The van der Waals surface area contributed by atoms with Crippen molar-refractivity contribution in [3.05, 3.63) is 54.1 Å². The Morgan fingerprint density at radius 2 is 1.67 bits per heavy atom. The second-order valence-electron chi connectivity index (χ2n) is 7.44. The van der Waals surface area contributed by atoms with Crippen molar-refractivity contribution in [1.82, 2.24) is 14.5 Å². The maximum atomic E-state index is 12.8. The van der Waals surface area contributed by atoms with Crippen LogP contribution in [0.2, 0.25) is 0 Å². The van der Waals surface area contributed by atoms with Gasteiger partial charge in [-0.3, -0.25) is 4.79 Å². The van der Waals surface area contributed by atoms with Crippen molar-refractivity contribution in [2.24, 2.45) is 0 Å². The lowest BCUT2D eigenvalue weighted by molar-refractivity contribution is -0.131. The molecule has 4 nitrogen and oxygen atoms in total. The lowest BCUT2D eigenvalue weighted by Crippen LogP contribution is -2.32. The van der Waals surface area contributed by atoms with Crippen LogP contribution in [0.1, 0.15) is 37.7 Å². The molecule has 0 spiro atoms. The maximum absolute atomic E-state index is 12.8. The molecule has 1 aliphatic heterocycles. The van der Waals surface area contributed by atoms with Crippen molar-refractivity contribution in [3.8, 4) is 11.4 Å². The molecule has 2 aromatic carbocycles. The van der Waals surface area contributed by atoms with Gasteiger partial charge in [-0.2, -0.15) is 0 Å². The molecule has 1 amide bonds. The van der Waals surface area contributed by atoms with Crippen LogP contribution in [-0.4, -0.2) is 33.4 Å². The second kappa shape index (κ2) is 7.95. The van der Waals surface area contributed by atoms with E-state index < -0.39 is 0 Å². The molecule has 0 saturated carbocycles. The Bertz CT molecular complexity index is 936. The highest BCUT2D eigenvalue weighted by Crippen LogP contribution is 2.27. The smallest absolute Gasteiger partial charge is 0.224 e. The van der Waals surface area contributed by atoms with Crippen LogP contribution in [0, 0.1) is 6.92 Å². The van der Waals surface area contributed by atoms with E-state index in [9.17, 15) is 4.79 Å². The van der Waals surface area contributed by atoms with Gasteiger partial charge >= 0.3 is 0 Å². The van der Waals surface area contributed by atoms with E-state index in [1.807, 2.05) is 18.2 Å². The van der Waals surface area contributed by atoms with E-state index in [1.54, 1.807) is 0 Å². The molecule has 0 N–H and O–H groups in total. The first-order valence-corrected chi connectivity index (χ1v) is 10.0. The van der Waals surface area contributed by atoms with Crippen molar-refractivity contribution in [1.29, 1.82) is 0 Å². The summed E-state index contributed by atoms with van der Waals surface area (Å²) in [6.07, 6.45) is 5.28. The van der Waals surface area contributed by atoms with Crippen LogP contribution >= 0.6 is 0 Å². The minimum Gasteiger partial charge on any atom is -0.343 e. The van der Waals surface area contributed by atoms with Gasteiger partial charge in [0.2, 0.25) is 5.91 Å². The highest BCUT2D eigenvalue weighted by molar-refractivity contribution is 5.82. The summed E-state index contributed by atoms with van der Waals surface area (Å²) in [6.45, 7) is 4.60. The van der Waals surface area contributed by atoms with Gasteiger partial charge in [0.05, 0.1) is 11.0 Å². The number of carbonyl (C=O) groups excluding carboxylic acids is 1. The van der Waals surface area contributed by atoms with Gasteiger partial charge in [0, 0.05) is 31.6 Å². The van der Waals surface area contributed by atoms with Gasteiger partial charge in [0.25, 0.3) is 0 Å². The van der Waals surface area contributed by atoms with Crippen molar-refractivity contribution in [2.75, 3.05) is 13.1 Å². The van der Waals surface area contributed by atoms with Crippen molar-refractivity contribution in [3.63, 3.8) is 0 Å². The third-order valence-electron chi connectivity index (χ3n) is 5.55. The zero-order chi connectivity index (χ0) is 18.6. The third kappa shape index (κ3) is 3.75. The van der Waals surface area contributed by atoms with Gasteiger partial charge in [-0.1, -0.05) is 49.2 Å². The molecule has 2 heterocycles. The molecule has 1 aliphatic rings. The summed E-state index contributed by atoms with van der Waals surface area (Å²) in [4.78, 5) is 19.7. The summed E-state index contributed by atoms with van der Waals surface area (Å²) in [5.41, 5.74) is 4.42. The zero-order valence-electron chi connectivity index (χ0n) is 16.0. The van der Waals surface area contributed by atoms with Gasteiger partial charge in [0.15, 0.2) is 0 Å². The average molecular weight is 361 g/mol. The highest BCUT2D eigenvalue weighted by atomic mass is 16.2. The Morgan fingerprint density at radius 3 is 2.44 bits per heavy atom. The topological polar surface area (TPSA) is 38.1 Å². The van der Waals surface area contributed by atoms with Gasteiger partial charge in [-0.25, -0.2) is 4.98 Å². The highest BCUT2D eigenvalue weighted by Gasteiger charge is 2.18.